The number of hydrogen-bond acceptors (Lipinski definition) is 5. The van der Waals surface area contributed by atoms with Crippen molar-refractivity contribution in [2.45, 2.75) is 18.2 Å². The lowest BCUT2D eigenvalue weighted by atomic mass is 9.98. The van der Waals surface area contributed by atoms with Crippen LogP contribution in [0.4, 0.5) is 4.39 Å². The first-order valence-electron chi connectivity index (χ1n) is 9.53. The van der Waals surface area contributed by atoms with E-state index in [4.69, 9.17) is 9.15 Å². The highest BCUT2D eigenvalue weighted by molar-refractivity contribution is 7.99. The Balaban J connectivity index is 1.53. The van der Waals surface area contributed by atoms with Gasteiger partial charge in [0.2, 0.25) is 0 Å². The van der Waals surface area contributed by atoms with Crippen molar-refractivity contribution in [3.8, 4) is 5.75 Å². The molecule has 0 aliphatic carbocycles. The van der Waals surface area contributed by atoms with Crippen molar-refractivity contribution in [3.05, 3.63) is 89.6 Å². The summed E-state index contributed by atoms with van der Waals surface area (Å²) in [7, 11) is 1.62. The summed E-state index contributed by atoms with van der Waals surface area (Å²) in [6, 6.07) is 17.3. The zero-order chi connectivity index (χ0) is 20.9. The fourth-order valence-electron chi connectivity index (χ4n) is 3.34. The van der Waals surface area contributed by atoms with Crippen molar-refractivity contribution < 1.29 is 18.3 Å². The predicted octanol–water partition coefficient (Wildman–Crippen LogP) is 5.04. The Morgan fingerprint density at radius 1 is 1.20 bits per heavy atom. The van der Waals surface area contributed by atoms with Crippen molar-refractivity contribution in [3.63, 3.8) is 0 Å². The number of benzene rings is 2. The largest absolute Gasteiger partial charge is 0.497 e. The molecule has 154 valence electrons. The Hall–Kier alpha value is -3.06. The number of hydrogen-bond donors (Lipinski definition) is 0. The van der Waals surface area contributed by atoms with Crippen LogP contribution in [0.5, 0.6) is 5.75 Å². The molecule has 0 N–H and O–H groups in total. The van der Waals surface area contributed by atoms with E-state index in [9.17, 15) is 9.18 Å². The van der Waals surface area contributed by atoms with Gasteiger partial charge in [0.15, 0.2) is 0 Å². The summed E-state index contributed by atoms with van der Waals surface area (Å²) in [6.07, 6.45) is 2.18. The molecule has 0 radical (unpaired) electrons. The summed E-state index contributed by atoms with van der Waals surface area (Å²) in [5.74, 6) is 2.08. The summed E-state index contributed by atoms with van der Waals surface area (Å²) >= 11 is 1.48. The van der Waals surface area contributed by atoms with Crippen LogP contribution in [0.15, 0.2) is 76.4 Å². The molecule has 7 heteroatoms. The Morgan fingerprint density at radius 2 is 1.97 bits per heavy atom. The van der Waals surface area contributed by atoms with Gasteiger partial charge in [0.25, 0.3) is 5.91 Å². The molecule has 0 fully saturated rings. The highest BCUT2D eigenvalue weighted by atomic mass is 32.2. The molecular formula is C23H21FN2O3S. The van der Waals surface area contributed by atoms with Crippen LogP contribution in [0.1, 0.15) is 29.3 Å². The molecule has 0 saturated heterocycles. The van der Waals surface area contributed by atoms with E-state index < -0.39 is 0 Å². The van der Waals surface area contributed by atoms with E-state index >= 15 is 0 Å². The number of nitrogens with zero attached hydrogens (tertiary/aromatic N) is 2. The highest BCUT2D eigenvalue weighted by Gasteiger charge is 2.33. The van der Waals surface area contributed by atoms with Gasteiger partial charge in [-0.1, -0.05) is 12.1 Å². The minimum atomic E-state index is -0.306. The predicted molar refractivity (Wildman–Crippen MR) is 115 cm³/mol. The molecule has 2 heterocycles. The zero-order valence-corrected chi connectivity index (χ0v) is 17.3. The average molecular weight is 424 g/mol. The van der Waals surface area contributed by atoms with Crippen LogP contribution in [0.2, 0.25) is 0 Å². The molecule has 1 aromatic heterocycles. The summed E-state index contributed by atoms with van der Waals surface area (Å²) in [5, 5.41) is 6.17. The van der Waals surface area contributed by atoms with Crippen LogP contribution in [-0.4, -0.2) is 29.5 Å². The summed E-state index contributed by atoms with van der Waals surface area (Å²) in [4.78, 5) is 13.0. The second kappa shape index (κ2) is 9.17. The third-order valence-electron chi connectivity index (χ3n) is 4.89. The topological polar surface area (TPSA) is 55.0 Å². The molecule has 0 bridgehead atoms. The van der Waals surface area contributed by atoms with Gasteiger partial charge in [-0.3, -0.25) is 4.79 Å². The molecule has 1 aliphatic heterocycles. The van der Waals surface area contributed by atoms with Crippen molar-refractivity contribution in [1.82, 2.24) is 5.01 Å². The van der Waals surface area contributed by atoms with Crippen LogP contribution >= 0.6 is 11.8 Å². The van der Waals surface area contributed by atoms with Gasteiger partial charge in [0.1, 0.15) is 17.3 Å². The first kappa shape index (κ1) is 20.2. The number of methoxy groups -OCH3 is 1. The van der Waals surface area contributed by atoms with Crippen LogP contribution < -0.4 is 4.74 Å². The van der Waals surface area contributed by atoms with Crippen molar-refractivity contribution in [1.29, 1.82) is 0 Å². The number of halogens is 1. The number of ether oxygens (including phenoxy) is 1. The minimum absolute atomic E-state index is 0.0932. The second-order valence-electron chi connectivity index (χ2n) is 6.86. The van der Waals surface area contributed by atoms with Gasteiger partial charge >= 0.3 is 0 Å². The first-order chi connectivity index (χ1) is 14.6. The van der Waals surface area contributed by atoms with Crippen LogP contribution in [0.25, 0.3) is 0 Å². The van der Waals surface area contributed by atoms with Gasteiger partial charge in [0, 0.05) is 6.42 Å². The maximum absolute atomic E-state index is 13.4. The van der Waals surface area contributed by atoms with E-state index in [1.165, 1.54) is 28.9 Å². The molecule has 3 aromatic rings. The fraction of sp³-hybridized carbons (Fsp3) is 0.217. The first-order valence-corrected chi connectivity index (χ1v) is 10.7. The molecular weight excluding hydrogens is 403 g/mol. The zero-order valence-electron chi connectivity index (χ0n) is 16.5. The van der Waals surface area contributed by atoms with E-state index in [1.54, 1.807) is 25.5 Å². The van der Waals surface area contributed by atoms with Gasteiger partial charge in [-0.15, -0.1) is 11.8 Å². The fourth-order valence-corrected chi connectivity index (χ4v) is 4.12. The van der Waals surface area contributed by atoms with Gasteiger partial charge < -0.3 is 9.15 Å². The van der Waals surface area contributed by atoms with Gasteiger partial charge in [-0.2, -0.15) is 5.10 Å². The molecule has 4 rings (SSSR count). The van der Waals surface area contributed by atoms with Crippen molar-refractivity contribution in [2.75, 3.05) is 12.9 Å². The molecule has 1 atom stereocenters. The molecule has 0 spiro atoms. The minimum Gasteiger partial charge on any atom is -0.497 e. The van der Waals surface area contributed by atoms with Crippen LogP contribution in [-0.2, 0) is 10.5 Å². The third kappa shape index (κ3) is 4.57. The van der Waals surface area contributed by atoms with E-state index in [-0.39, 0.29) is 23.5 Å². The Kier molecular flexibility index (Phi) is 6.18. The molecule has 5 nitrogen and oxygen atoms in total. The third-order valence-corrected chi connectivity index (χ3v) is 5.83. The number of furan rings is 1. The van der Waals surface area contributed by atoms with E-state index in [2.05, 4.69) is 5.10 Å². The number of amides is 1. The maximum Gasteiger partial charge on any atom is 0.253 e. The van der Waals surface area contributed by atoms with Crippen molar-refractivity contribution in [2.24, 2.45) is 5.10 Å². The molecule has 0 saturated carbocycles. The summed E-state index contributed by atoms with van der Waals surface area (Å²) < 4.78 is 23.9. The quantitative estimate of drug-likeness (QED) is 0.533. The van der Waals surface area contributed by atoms with Crippen LogP contribution in [0, 0.1) is 5.82 Å². The lowest BCUT2D eigenvalue weighted by molar-refractivity contribution is -0.130. The van der Waals surface area contributed by atoms with Gasteiger partial charge in [-0.05, 0) is 59.7 Å². The molecule has 1 aliphatic rings. The van der Waals surface area contributed by atoms with E-state index in [0.29, 0.717) is 12.2 Å². The highest BCUT2D eigenvalue weighted by Crippen LogP contribution is 2.34. The van der Waals surface area contributed by atoms with Crippen LogP contribution in [0.3, 0.4) is 0 Å². The number of carbonyl (C=O) groups excluding carboxylic acids is 1. The van der Waals surface area contributed by atoms with E-state index in [0.717, 1.165) is 28.3 Å². The molecule has 1 amide bonds. The second-order valence-corrected chi connectivity index (χ2v) is 7.84. The Labute approximate surface area is 178 Å². The standard InChI is InChI=1S/C23H21FN2O3S/c1-28-19-10-6-16(7-11-19)21-13-22(17-4-8-18(24)9-5-17)26(25-21)23(27)15-30-14-20-3-2-12-29-20/h2-12,22H,13-15H2,1H3/t22-/m0/s1. The SMILES string of the molecule is COc1ccc(C2=NN(C(=O)CSCc3ccco3)[C@H](c3ccc(F)cc3)C2)cc1. The Morgan fingerprint density at radius 3 is 2.63 bits per heavy atom. The number of thioether (sulfide) groups is 1. The summed E-state index contributed by atoms with van der Waals surface area (Å²) in [5.41, 5.74) is 2.60. The lowest BCUT2D eigenvalue weighted by Crippen LogP contribution is -2.28. The molecule has 30 heavy (non-hydrogen) atoms. The number of hydrazone groups is 1. The number of carbonyl (C=O) groups is 1. The normalized spacial score (nSPS) is 15.9. The smallest absolute Gasteiger partial charge is 0.253 e. The Bertz CT molecular complexity index is 1020. The lowest BCUT2D eigenvalue weighted by Gasteiger charge is -2.22. The monoisotopic (exact) mass is 424 g/mol. The van der Waals surface area contributed by atoms with Gasteiger partial charge in [0.05, 0.1) is 36.6 Å². The van der Waals surface area contributed by atoms with Gasteiger partial charge in [-0.25, -0.2) is 9.40 Å². The van der Waals surface area contributed by atoms with E-state index in [1.807, 2.05) is 36.4 Å². The van der Waals surface area contributed by atoms with Crippen molar-refractivity contribution >= 4 is 23.4 Å². The maximum atomic E-state index is 13.4. The average Bonchev–Trinajstić information content (AvgIpc) is 3.44. The molecule has 0 unspecified atom stereocenters. The summed E-state index contributed by atoms with van der Waals surface area (Å²) in [6.45, 7) is 0. The number of rotatable bonds is 7. The molecule has 2 aromatic carbocycles.